The number of benzene rings is 4. The van der Waals surface area contributed by atoms with E-state index in [9.17, 15) is 0 Å². The van der Waals surface area contributed by atoms with Crippen LogP contribution in [0.1, 0.15) is 62.0 Å². The molecular formula is C42H40N4OPt. The van der Waals surface area contributed by atoms with Crippen LogP contribution in [0.5, 0.6) is 11.5 Å². The Morgan fingerprint density at radius 2 is 1.48 bits per heavy atom. The molecule has 4 aromatic carbocycles. The van der Waals surface area contributed by atoms with Crippen molar-refractivity contribution >= 4 is 21.8 Å². The molecule has 3 heterocycles. The van der Waals surface area contributed by atoms with Gasteiger partial charge in [-0.3, -0.25) is 4.68 Å². The topological polar surface area (TPSA) is 44.9 Å². The second-order valence-electron chi connectivity index (χ2n) is 12.3. The van der Waals surface area contributed by atoms with Gasteiger partial charge in [-0.25, -0.2) is 4.98 Å². The molecule has 0 aliphatic carbocycles. The Kier molecular flexibility index (Phi) is 10.3. The SMILES string of the molecule is CCCCc1ccnc(-n2c3[c-]c(Oc4[c-]c(-n5nc(C)c(-c6ccccc6)c5C)ccc4)ccc3c3cc(CCCC)ccc32)c1.[Pt+2]. The first-order chi connectivity index (χ1) is 23.0. The summed E-state index contributed by atoms with van der Waals surface area (Å²) in [6.07, 6.45) is 8.71. The molecular weight excluding hydrogens is 772 g/mol. The number of hydrogen-bond donors (Lipinski definition) is 0. The van der Waals surface area contributed by atoms with Gasteiger partial charge in [-0.1, -0.05) is 74.7 Å². The molecule has 7 aromatic rings. The molecule has 0 N–H and O–H groups in total. The third-order valence-electron chi connectivity index (χ3n) is 8.95. The molecule has 0 saturated carbocycles. The molecule has 0 fully saturated rings. The maximum Gasteiger partial charge on any atom is 2.00 e. The number of nitrogens with zero attached hydrogens (tertiary/aromatic N) is 4. The van der Waals surface area contributed by atoms with E-state index in [1.807, 2.05) is 41.2 Å². The number of rotatable bonds is 11. The van der Waals surface area contributed by atoms with Crippen molar-refractivity contribution in [1.29, 1.82) is 0 Å². The van der Waals surface area contributed by atoms with Crippen molar-refractivity contribution in [1.82, 2.24) is 19.3 Å². The minimum atomic E-state index is 0. The molecule has 0 spiro atoms. The van der Waals surface area contributed by atoms with Crippen molar-refractivity contribution in [3.8, 4) is 34.1 Å². The van der Waals surface area contributed by atoms with Crippen LogP contribution < -0.4 is 4.74 Å². The molecule has 48 heavy (non-hydrogen) atoms. The predicted octanol–water partition coefficient (Wildman–Crippen LogP) is 10.7. The predicted molar refractivity (Wildman–Crippen MR) is 192 cm³/mol. The maximum atomic E-state index is 6.46. The summed E-state index contributed by atoms with van der Waals surface area (Å²) < 4.78 is 10.6. The van der Waals surface area contributed by atoms with Crippen molar-refractivity contribution in [2.45, 2.75) is 66.2 Å². The largest absolute Gasteiger partial charge is 2.00 e. The van der Waals surface area contributed by atoms with E-state index in [2.05, 4.69) is 105 Å². The fraction of sp³-hybridized carbons (Fsp3) is 0.238. The normalized spacial score (nSPS) is 11.2. The molecule has 0 aliphatic rings. The van der Waals surface area contributed by atoms with Crippen LogP contribution in [0.25, 0.3) is 44.4 Å². The summed E-state index contributed by atoms with van der Waals surface area (Å²) in [5.74, 6) is 2.14. The second kappa shape index (κ2) is 14.7. The Bertz CT molecular complexity index is 2180. The van der Waals surface area contributed by atoms with E-state index in [-0.39, 0.29) is 21.1 Å². The summed E-state index contributed by atoms with van der Waals surface area (Å²) in [4.78, 5) is 4.85. The molecule has 0 saturated heterocycles. The number of hydrogen-bond acceptors (Lipinski definition) is 3. The average Bonchev–Trinajstić information content (AvgIpc) is 3.59. The zero-order valence-electron chi connectivity index (χ0n) is 28.0. The van der Waals surface area contributed by atoms with Gasteiger partial charge in [0.25, 0.3) is 0 Å². The third kappa shape index (κ3) is 6.62. The van der Waals surface area contributed by atoms with Crippen LogP contribution in [0.2, 0.25) is 0 Å². The van der Waals surface area contributed by atoms with Gasteiger partial charge in [-0.2, -0.15) is 17.2 Å². The molecule has 6 heteroatoms. The molecule has 0 aliphatic heterocycles. The number of ether oxygens (including phenoxy) is 1. The standard InChI is InChI=1S/C42H40N4O.Pt/c1-5-7-13-31-19-22-39-38(25-31)37-21-20-36(28-40(37)45(39)41-26-32(14-8-6-2)23-24-43-41)47-35-18-12-17-34(27-35)46-30(4)42(29(3)44-46)33-15-10-9-11-16-33;/h9-12,15-26H,5-8,13-14H2,1-4H3;/q-2;+2. The smallest absolute Gasteiger partial charge is 0.509 e. The summed E-state index contributed by atoms with van der Waals surface area (Å²) in [6.45, 7) is 8.62. The molecule has 0 amide bonds. The van der Waals surface area contributed by atoms with E-state index >= 15 is 0 Å². The van der Waals surface area contributed by atoms with Gasteiger partial charge in [0, 0.05) is 34.5 Å². The summed E-state index contributed by atoms with van der Waals surface area (Å²) in [6, 6.07) is 38.8. The molecule has 5 nitrogen and oxygen atoms in total. The van der Waals surface area contributed by atoms with Crippen molar-refractivity contribution in [3.05, 3.63) is 132 Å². The summed E-state index contributed by atoms with van der Waals surface area (Å²) in [7, 11) is 0. The van der Waals surface area contributed by atoms with E-state index in [0.29, 0.717) is 11.5 Å². The number of aryl methyl sites for hydroxylation is 3. The average molecular weight is 812 g/mol. The molecule has 7 rings (SSSR count). The Hall–Kier alpha value is -4.47. The first-order valence-electron chi connectivity index (χ1n) is 16.8. The Morgan fingerprint density at radius 1 is 0.729 bits per heavy atom. The molecule has 0 atom stereocenters. The van der Waals surface area contributed by atoms with Crippen molar-refractivity contribution < 1.29 is 25.8 Å². The van der Waals surface area contributed by atoms with Crippen molar-refractivity contribution in [2.24, 2.45) is 0 Å². The van der Waals surface area contributed by atoms with Crippen LogP contribution in [0, 0.1) is 26.0 Å². The van der Waals surface area contributed by atoms with Gasteiger partial charge in [-0.05, 0) is 85.5 Å². The van der Waals surface area contributed by atoms with E-state index < -0.39 is 0 Å². The van der Waals surface area contributed by atoms with Crippen LogP contribution in [0.3, 0.4) is 0 Å². The minimum absolute atomic E-state index is 0. The molecule has 244 valence electrons. The minimum Gasteiger partial charge on any atom is -0.509 e. The van der Waals surface area contributed by atoms with E-state index in [1.54, 1.807) is 0 Å². The molecule has 3 aromatic heterocycles. The Morgan fingerprint density at radius 3 is 2.25 bits per heavy atom. The molecule has 0 radical (unpaired) electrons. The van der Waals surface area contributed by atoms with Crippen molar-refractivity contribution in [3.63, 3.8) is 0 Å². The van der Waals surface area contributed by atoms with E-state index in [0.717, 1.165) is 76.1 Å². The van der Waals surface area contributed by atoms with Gasteiger partial charge >= 0.3 is 21.1 Å². The Labute approximate surface area is 297 Å². The van der Waals surface area contributed by atoms with Gasteiger partial charge < -0.3 is 9.30 Å². The number of fused-ring (bicyclic) bond motifs is 3. The van der Waals surface area contributed by atoms with Crippen LogP contribution in [-0.2, 0) is 33.9 Å². The maximum absolute atomic E-state index is 6.46. The van der Waals surface area contributed by atoms with Gasteiger partial charge in [0.15, 0.2) is 0 Å². The van der Waals surface area contributed by atoms with Gasteiger partial charge in [0.05, 0.1) is 5.69 Å². The summed E-state index contributed by atoms with van der Waals surface area (Å²) in [5.41, 5.74) is 9.89. The zero-order valence-corrected chi connectivity index (χ0v) is 30.3. The van der Waals surface area contributed by atoms with Crippen molar-refractivity contribution in [2.75, 3.05) is 0 Å². The number of aromatic nitrogens is 4. The second-order valence-corrected chi connectivity index (χ2v) is 12.3. The summed E-state index contributed by atoms with van der Waals surface area (Å²) >= 11 is 0. The molecule has 0 bridgehead atoms. The van der Waals surface area contributed by atoms with Gasteiger partial charge in [-0.15, -0.1) is 35.7 Å². The van der Waals surface area contributed by atoms with E-state index in [4.69, 9.17) is 14.8 Å². The summed E-state index contributed by atoms with van der Waals surface area (Å²) in [5, 5.41) is 7.23. The third-order valence-corrected chi connectivity index (χ3v) is 8.95. The first kappa shape index (κ1) is 33.4. The van der Waals surface area contributed by atoms with Crippen LogP contribution >= 0.6 is 0 Å². The number of pyridine rings is 1. The first-order valence-corrected chi connectivity index (χ1v) is 16.8. The quantitative estimate of drug-likeness (QED) is 0.122. The number of unbranched alkanes of at least 4 members (excludes halogenated alkanes) is 2. The van der Waals surface area contributed by atoms with Crippen LogP contribution in [0.4, 0.5) is 0 Å². The fourth-order valence-electron chi connectivity index (χ4n) is 6.56. The fourth-order valence-corrected chi connectivity index (χ4v) is 6.56. The monoisotopic (exact) mass is 811 g/mol. The zero-order chi connectivity index (χ0) is 32.3. The van der Waals surface area contributed by atoms with Crippen LogP contribution in [-0.4, -0.2) is 19.3 Å². The Balaban J connectivity index is 0.00000401. The van der Waals surface area contributed by atoms with Gasteiger partial charge in [0.1, 0.15) is 5.82 Å². The molecule has 0 unspecified atom stereocenters. The van der Waals surface area contributed by atoms with Crippen LogP contribution in [0.15, 0.2) is 97.2 Å². The van der Waals surface area contributed by atoms with Gasteiger partial charge in [0.2, 0.25) is 0 Å². The van der Waals surface area contributed by atoms with E-state index in [1.165, 1.54) is 29.4 Å².